The van der Waals surface area contributed by atoms with Crippen LogP contribution >= 0.6 is 11.8 Å². The smallest absolute Gasteiger partial charge is 0.338 e. The van der Waals surface area contributed by atoms with Crippen molar-refractivity contribution < 1.29 is 9.90 Å². The molecule has 2 aromatic carbocycles. The summed E-state index contributed by atoms with van der Waals surface area (Å²) < 4.78 is 0. The van der Waals surface area contributed by atoms with Gasteiger partial charge < -0.3 is 10.4 Å². The third-order valence-electron chi connectivity index (χ3n) is 2.79. The summed E-state index contributed by atoms with van der Waals surface area (Å²) in [5.41, 5.74) is 2.11. The van der Waals surface area contributed by atoms with E-state index < -0.39 is 5.97 Å². The van der Waals surface area contributed by atoms with Gasteiger partial charge in [-0.2, -0.15) is 0 Å². The molecular formula is C15H15NO2S. The number of hydrogen-bond donors (Lipinski definition) is 2. The number of aromatic carboxylic acids is 1. The Morgan fingerprint density at radius 2 is 1.89 bits per heavy atom. The van der Waals surface area contributed by atoms with Crippen LogP contribution in [0.5, 0.6) is 0 Å². The van der Waals surface area contributed by atoms with Crippen LogP contribution in [0.25, 0.3) is 0 Å². The Morgan fingerprint density at radius 1 is 1.16 bits per heavy atom. The maximum Gasteiger partial charge on any atom is 0.338 e. The van der Waals surface area contributed by atoms with Gasteiger partial charge in [-0.25, -0.2) is 4.79 Å². The first-order chi connectivity index (χ1) is 9.22. The van der Waals surface area contributed by atoms with Crippen molar-refractivity contribution in [2.24, 2.45) is 0 Å². The molecule has 0 amide bonds. The van der Waals surface area contributed by atoms with Gasteiger partial charge in [-0.15, -0.1) is 11.8 Å². The standard InChI is InChI=1S/C15H15NO2S/c1-19-13-9-5-8-12(14(13)15(17)18)16-10-11-6-3-2-4-7-11/h2-9,16H,10H2,1H3,(H,17,18). The van der Waals surface area contributed by atoms with Gasteiger partial charge in [-0.3, -0.25) is 0 Å². The van der Waals surface area contributed by atoms with Gasteiger partial charge in [-0.1, -0.05) is 36.4 Å². The minimum absolute atomic E-state index is 0.339. The molecule has 0 heterocycles. The van der Waals surface area contributed by atoms with Gasteiger partial charge in [0.1, 0.15) is 0 Å². The number of anilines is 1. The zero-order valence-electron chi connectivity index (χ0n) is 10.6. The van der Waals surface area contributed by atoms with Crippen molar-refractivity contribution in [3.8, 4) is 0 Å². The zero-order valence-corrected chi connectivity index (χ0v) is 11.4. The summed E-state index contributed by atoms with van der Waals surface area (Å²) in [4.78, 5) is 12.1. The Balaban J connectivity index is 2.23. The molecule has 2 N–H and O–H groups in total. The first-order valence-corrected chi connectivity index (χ1v) is 7.13. The number of carboxylic acids is 1. The third kappa shape index (κ3) is 3.29. The molecule has 19 heavy (non-hydrogen) atoms. The number of rotatable bonds is 5. The summed E-state index contributed by atoms with van der Waals surface area (Å²) in [5.74, 6) is -0.902. The van der Waals surface area contributed by atoms with Gasteiger partial charge in [-0.05, 0) is 24.0 Å². The lowest BCUT2D eigenvalue weighted by atomic mass is 10.1. The Hall–Kier alpha value is -1.94. The molecule has 0 radical (unpaired) electrons. The highest BCUT2D eigenvalue weighted by Gasteiger charge is 2.14. The molecule has 0 aliphatic rings. The highest BCUT2D eigenvalue weighted by molar-refractivity contribution is 7.98. The van der Waals surface area contributed by atoms with Gasteiger partial charge >= 0.3 is 5.97 Å². The monoisotopic (exact) mass is 273 g/mol. The van der Waals surface area contributed by atoms with E-state index in [0.29, 0.717) is 17.8 Å². The van der Waals surface area contributed by atoms with Crippen LogP contribution in [0, 0.1) is 0 Å². The average Bonchev–Trinajstić information content (AvgIpc) is 2.45. The van der Waals surface area contributed by atoms with E-state index in [1.54, 1.807) is 6.07 Å². The molecule has 98 valence electrons. The maximum atomic E-state index is 11.4. The number of carboxylic acid groups (broad SMARTS) is 1. The van der Waals surface area contributed by atoms with Crippen LogP contribution in [0.15, 0.2) is 53.4 Å². The van der Waals surface area contributed by atoms with Crippen LogP contribution in [0.4, 0.5) is 5.69 Å². The molecule has 0 unspecified atom stereocenters. The Kier molecular flexibility index (Phi) is 4.47. The molecule has 0 saturated carbocycles. The van der Waals surface area contributed by atoms with Crippen molar-refractivity contribution >= 4 is 23.4 Å². The van der Waals surface area contributed by atoms with Crippen LogP contribution in [-0.4, -0.2) is 17.3 Å². The quantitative estimate of drug-likeness (QED) is 0.815. The summed E-state index contributed by atoms with van der Waals surface area (Å²) in [6, 6.07) is 15.4. The fraction of sp³-hybridized carbons (Fsp3) is 0.133. The van der Waals surface area contributed by atoms with Crippen LogP contribution in [0.3, 0.4) is 0 Å². The second-order valence-corrected chi connectivity index (χ2v) is 4.88. The SMILES string of the molecule is CSc1cccc(NCc2ccccc2)c1C(=O)O. The minimum Gasteiger partial charge on any atom is -0.478 e. The predicted octanol–water partition coefficient (Wildman–Crippen LogP) is 3.72. The fourth-order valence-corrected chi connectivity index (χ4v) is 2.48. The number of nitrogens with one attached hydrogen (secondary N) is 1. The van der Waals surface area contributed by atoms with Crippen molar-refractivity contribution in [1.82, 2.24) is 0 Å². The van der Waals surface area contributed by atoms with E-state index in [1.807, 2.05) is 48.7 Å². The average molecular weight is 273 g/mol. The third-order valence-corrected chi connectivity index (χ3v) is 3.57. The van der Waals surface area contributed by atoms with Gasteiger partial charge in [0.2, 0.25) is 0 Å². The summed E-state index contributed by atoms with van der Waals surface area (Å²) in [7, 11) is 0. The van der Waals surface area contributed by atoms with E-state index in [4.69, 9.17) is 0 Å². The largest absolute Gasteiger partial charge is 0.478 e. The van der Waals surface area contributed by atoms with E-state index >= 15 is 0 Å². The van der Waals surface area contributed by atoms with E-state index in [9.17, 15) is 9.90 Å². The number of carbonyl (C=O) groups is 1. The van der Waals surface area contributed by atoms with Gasteiger partial charge in [0.25, 0.3) is 0 Å². The molecule has 0 aromatic heterocycles. The first-order valence-electron chi connectivity index (χ1n) is 5.90. The lowest BCUT2D eigenvalue weighted by molar-refractivity contribution is 0.0694. The van der Waals surface area contributed by atoms with Gasteiger partial charge in [0, 0.05) is 11.4 Å². The molecule has 0 bridgehead atoms. The zero-order chi connectivity index (χ0) is 13.7. The van der Waals surface area contributed by atoms with Crippen molar-refractivity contribution in [2.75, 3.05) is 11.6 Å². The Morgan fingerprint density at radius 3 is 2.53 bits per heavy atom. The molecule has 0 aliphatic carbocycles. The van der Waals surface area contributed by atoms with Crippen LogP contribution in [0.2, 0.25) is 0 Å². The van der Waals surface area contributed by atoms with Crippen molar-refractivity contribution in [1.29, 1.82) is 0 Å². The molecule has 0 fully saturated rings. The fourth-order valence-electron chi connectivity index (χ4n) is 1.86. The summed E-state index contributed by atoms with van der Waals surface area (Å²) >= 11 is 1.44. The molecule has 3 nitrogen and oxygen atoms in total. The Labute approximate surface area is 116 Å². The molecule has 2 aromatic rings. The highest BCUT2D eigenvalue weighted by atomic mass is 32.2. The minimum atomic E-state index is -0.902. The first kappa shape index (κ1) is 13.5. The normalized spacial score (nSPS) is 10.2. The second-order valence-electron chi connectivity index (χ2n) is 4.03. The van der Waals surface area contributed by atoms with Crippen LogP contribution in [-0.2, 0) is 6.54 Å². The van der Waals surface area contributed by atoms with Gasteiger partial charge in [0.15, 0.2) is 0 Å². The second kappa shape index (κ2) is 6.29. The topological polar surface area (TPSA) is 49.3 Å². The number of hydrogen-bond acceptors (Lipinski definition) is 3. The summed E-state index contributed by atoms with van der Waals surface area (Å²) in [6.07, 6.45) is 1.88. The van der Waals surface area contributed by atoms with E-state index in [1.165, 1.54) is 11.8 Å². The Bertz CT molecular complexity index is 570. The lowest BCUT2D eigenvalue weighted by Crippen LogP contribution is -2.07. The highest BCUT2D eigenvalue weighted by Crippen LogP contribution is 2.27. The van der Waals surface area contributed by atoms with Crippen LogP contribution in [0.1, 0.15) is 15.9 Å². The molecular weight excluding hydrogens is 258 g/mol. The summed E-state index contributed by atoms with van der Waals surface area (Å²) in [5, 5.41) is 12.5. The van der Waals surface area contributed by atoms with Gasteiger partial charge in [0.05, 0.1) is 11.3 Å². The lowest BCUT2D eigenvalue weighted by Gasteiger charge is -2.12. The van der Waals surface area contributed by atoms with Crippen LogP contribution < -0.4 is 5.32 Å². The predicted molar refractivity (Wildman–Crippen MR) is 79.0 cm³/mol. The molecule has 0 spiro atoms. The number of thioether (sulfide) groups is 1. The van der Waals surface area contributed by atoms with Crippen molar-refractivity contribution in [3.05, 3.63) is 59.7 Å². The molecule has 4 heteroatoms. The number of benzene rings is 2. The molecule has 0 aliphatic heterocycles. The van der Waals surface area contributed by atoms with Crippen molar-refractivity contribution in [2.45, 2.75) is 11.4 Å². The molecule has 0 atom stereocenters. The van der Waals surface area contributed by atoms with E-state index in [0.717, 1.165) is 10.5 Å². The van der Waals surface area contributed by atoms with E-state index in [-0.39, 0.29) is 0 Å². The maximum absolute atomic E-state index is 11.4. The van der Waals surface area contributed by atoms with E-state index in [2.05, 4.69) is 5.32 Å². The molecule has 0 saturated heterocycles. The van der Waals surface area contributed by atoms with Crippen molar-refractivity contribution in [3.63, 3.8) is 0 Å². The molecule has 2 rings (SSSR count). The summed E-state index contributed by atoms with van der Waals surface area (Å²) in [6.45, 7) is 0.610.